The van der Waals surface area contributed by atoms with Gasteiger partial charge in [0.1, 0.15) is 0 Å². The average molecular weight is 166 g/mol. The van der Waals surface area contributed by atoms with Crippen molar-refractivity contribution in [1.29, 1.82) is 0 Å². The number of carbonyl (C=O) groups excluding carboxylic acids is 1. The molecule has 0 heterocycles. The highest BCUT2D eigenvalue weighted by Crippen LogP contribution is 2.15. The lowest BCUT2D eigenvalue weighted by Crippen LogP contribution is -2.10. The van der Waals surface area contributed by atoms with Crippen LogP contribution in [0.4, 0.5) is 0 Å². The SMILES string of the molecule is [CH2]Sc1ccc(C(N)=O)cc1. The van der Waals surface area contributed by atoms with Gasteiger partial charge in [-0.1, -0.05) is 0 Å². The molecule has 1 amide bonds. The van der Waals surface area contributed by atoms with Crippen LogP contribution in [0.1, 0.15) is 10.4 Å². The van der Waals surface area contributed by atoms with E-state index in [-0.39, 0.29) is 0 Å². The Morgan fingerprint density at radius 1 is 1.36 bits per heavy atom. The van der Waals surface area contributed by atoms with Gasteiger partial charge in [-0.15, -0.1) is 11.8 Å². The highest BCUT2D eigenvalue weighted by atomic mass is 32.2. The van der Waals surface area contributed by atoms with Crippen molar-refractivity contribution < 1.29 is 4.79 Å². The molecule has 11 heavy (non-hydrogen) atoms. The first kappa shape index (κ1) is 8.14. The third-order valence-corrected chi connectivity index (χ3v) is 1.91. The minimum Gasteiger partial charge on any atom is -0.366 e. The number of hydrogen-bond acceptors (Lipinski definition) is 2. The molecule has 1 aromatic rings. The first-order valence-corrected chi connectivity index (χ1v) is 4.04. The van der Waals surface area contributed by atoms with Crippen molar-refractivity contribution >= 4 is 17.7 Å². The molecule has 0 aliphatic carbocycles. The van der Waals surface area contributed by atoms with E-state index < -0.39 is 5.91 Å². The van der Waals surface area contributed by atoms with Crippen LogP contribution in [0, 0.1) is 6.26 Å². The van der Waals surface area contributed by atoms with Gasteiger partial charge in [-0.2, -0.15) is 0 Å². The largest absolute Gasteiger partial charge is 0.366 e. The Kier molecular flexibility index (Phi) is 2.54. The van der Waals surface area contributed by atoms with Gasteiger partial charge in [0.05, 0.1) is 0 Å². The predicted octanol–water partition coefficient (Wildman–Crippen LogP) is 1.67. The van der Waals surface area contributed by atoms with E-state index in [1.165, 1.54) is 11.8 Å². The molecule has 1 aromatic carbocycles. The third kappa shape index (κ3) is 1.98. The number of nitrogens with two attached hydrogens (primary N) is 1. The summed E-state index contributed by atoms with van der Waals surface area (Å²) in [6.45, 7) is 0. The molecule has 0 aromatic heterocycles. The summed E-state index contributed by atoms with van der Waals surface area (Å²) in [5.74, 6) is -0.398. The zero-order chi connectivity index (χ0) is 8.27. The molecule has 2 N–H and O–H groups in total. The summed E-state index contributed by atoms with van der Waals surface area (Å²) in [5.41, 5.74) is 5.57. The van der Waals surface area contributed by atoms with E-state index in [1.807, 2.05) is 12.1 Å². The number of primary amides is 1. The van der Waals surface area contributed by atoms with Crippen molar-refractivity contribution in [3.63, 3.8) is 0 Å². The lowest BCUT2D eigenvalue weighted by Gasteiger charge is -1.96. The van der Waals surface area contributed by atoms with Gasteiger partial charge in [-0.25, -0.2) is 0 Å². The van der Waals surface area contributed by atoms with Crippen LogP contribution in [0.2, 0.25) is 0 Å². The summed E-state index contributed by atoms with van der Waals surface area (Å²) >= 11 is 1.39. The van der Waals surface area contributed by atoms with Crippen LogP contribution in [0.5, 0.6) is 0 Å². The molecule has 0 bridgehead atoms. The smallest absolute Gasteiger partial charge is 0.248 e. The maximum atomic E-state index is 10.6. The molecule has 0 saturated carbocycles. The highest BCUT2D eigenvalue weighted by molar-refractivity contribution is 8.00. The van der Waals surface area contributed by atoms with Gasteiger partial charge in [0.2, 0.25) is 5.91 Å². The summed E-state index contributed by atoms with van der Waals surface area (Å²) in [4.78, 5) is 11.6. The second-order valence-electron chi connectivity index (χ2n) is 2.03. The minimum absolute atomic E-state index is 0.398. The molecule has 1 rings (SSSR count). The average Bonchev–Trinajstić information content (AvgIpc) is 2.05. The molecular formula is C8H8NOS. The van der Waals surface area contributed by atoms with Gasteiger partial charge in [0.25, 0.3) is 0 Å². The van der Waals surface area contributed by atoms with E-state index in [4.69, 9.17) is 5.73 Å². The number of benzene rings is 1. The zero-order valence-electron chi connectivity index (χ0n) is 5.91. The second kappa shape index (κ2) is 3.44. The van der Waals surface area contributed by atoms with Gasteiger partial charge in [-0.3, -0.25) is 4.79 Å². The summed E-state index contributed by atoms with van der Waals surface area (Å²) in [6.07, 6.45) is 3.63. The molecular weight excluding hydrogens is 158 g/mol. The third-order valence-electron chi connectivity index (χ3n) is 1.31. The van der Waals surface area contributed by atoms with Crippen LogP contribution in [-0.2, 0) is 0 Å². The maximum Gasteiger partial charge on any atom is 0.248 e. The Morgan fingerprint density at radius 3 is 2.27 bits per heavy atom. The number of carbonyl (C=O) groups is 1. The van der Waals surface area contributed by atoms with Gasteiger partial charge in [0, 0.05) is 16.7 Å². The first-order chi connectivity index (χ1) is 5.24. The number of thioether (sulfide) groups is 1. The predicted molar refractivity (Wildman–Crippen MR) is 46.2 cm³/mol. The van der Waals surface area contributed by atoms with Crippen LogP contribution < -0.4 is 5.73 Å². The number of hydrogen-bond donors (Lipinski definition) is 1. The van der Waals surface area contributed by atoms with Gasteiger partial charge >= 0.3 is 0 Å². The molecule has 0 fully saturated rings. The van der Waals surface area contributed by atoms with Crippen molar-refractivity contribution in [3.05, 3.63) is 36.1 Å². The van der Waals surface area contributed by atoms with Crippen molar-refractivity contribution in [3.8, 4) is 0 Å². The summed E-state index contributed by atoms with van der Waals surface area (Å²) in [7, 11) is 0. The van der Waals surface area contributed by atoms with Crippen LogP contribution in [0.25, 0.3) is 0 Å². The summed E-state index contributed by atoms with van der Waals surface area (Å²) < 4.78 is 0. The molecule has 0 atom stereocenters. The Morgan fingerprint density at radius 2 is 1.91 bits per heavy atom. The molecule has 2 nitrogen and oxygen atoms in total. The van der Waals surface area contributed by atoms with E-state index in [1.54, 1.807) is 12.1 Å². The second-order valence-corrected chi connectivity index (χ2v) is 2.79. The zero-order valence-corrected chi connectivity index (χ0v) is 6.73. The molecule has 3 heteroatoms. The molecule has 0 aliphatic heterocycles. The minimum atomic E-state index is -0.398. The van der Waals surface area contributed by atoms with E-state index in [0.717, 1.165) is 4.90 Å². The maximum absolute atomic E-state index is 10.6. The van der Waals surface area contributed by atoms with Crippen LogP contribution in [-0.4, -0.2) is 5.91 Å². The van der Waals surface area contributed by atoms with E-state index in [2.05, 4.69) is 6.26 Å². The monoisotopic (exact) mass is 166 g/mol. The highest BCUT2D eigenvalue weighted by Gasteiger charge is 1.97. The molecule has 0 unspecified atom stereocenters. The molecule has 0 spiro atoms. The number of amides is 1. The Hall–Kier alpha value is -0.960. The lowest BCUT2D eigenvalue weighted by atomic mass is 10.2. The van der Waals surface area contributed by atoms with E-state index in [9.17, 15) is 4.79 Å². The molecule has 1 radical (unpaired) electrons. The van der Waals surface area contributed by atoms with Crippen molar-refractivity contribution in [2.24, 2.45) is 5.73 Å². The quantitative estimate of drug-likeness (QED) is 0.679. The van der Waals surface area contributed by atoms with Crippen molar-refractivity contribution in [2.45, 2.75) is 4.90 Å². The Balaban J connectivity index is 2.91. The van der Waals surface area contributed by atoms with Crippen molar-refractivity contribution in [1.82, 2.24) is 0 Å². The Bertz CT molecular complexity index is 255. The fourth-order valence-corrected chi connectivity index (χ4v) is 1.04. The fourth-order valence-electron chi connectivity index (χ4n) is 0.715. The standard InChI is InChI=1S/C8H8NOS/c1-11-7-4-2-6(3-5-7)8(9)10/h2-5H,1H2,(H2,9,10). The summed E-state index contributed by atoms with van der Waals surface area (Å²) in [6, 6.07) is 7.02. The van der Waals surface area contributed by atoms with Crippen LogP contribution in [0.3, 0.4) is 0 Å². The van der Waals surface area contributed by atoms with Gasteiger partial charge in [0.15, 0.2) is 0 Å². The normalized spacial score (nSPS) is 9.55. The first-order valence-electron chi connectivity index (χ1n) is 3.06. The van der Waals surface area contributed by atoms with Crippen LogP contribution >= 0.6 is 11.8 Å². The van der Waals surface area contributed by atoms with Gasteiger partial charge in [-0.05, 0) is 24.3 Å². The van der Waals surface area contributed by atoms with Crippen LogP contribution in [0.15, 0.2) is 29.2 Å². The Labute approximate surface area is 69.8 Å². The molecule has 0 saturated heterocycles. The summed E-state index contributed by atoms with van der Waals surface area (Å²) in [5, 5.41) is 0. The van der Waals surface area contributed by atoms with Gasteiger partial charge < -0.3 is 5.73 Å². The fraction of sp³-hybridized carbons (Fsp3) is 0. The topological polar surface area (TPSA) is 43.1 Å². The lowest BCUT2D eigenvalue weighted by molar-refractivity contribution is 0.100. The molecule has 0 aliphatic rings. The van der Waals surface area contributed by atoms with E-state index >= 15 is 0 Å². The van der Waals surface area contributed by atoms with E-state index in [0.29, 0.717) is 5.56 Å². The molecule has 57 valence electrons. The number of rotatable bonds is 2. The van der Waals surface area contributed by atoms with Crippen molar-refractivity contribution in [2.75, 3.05) is 0 Å².